The second-order valence-electron chi connectivity index (χ2n) is 3.14. The fourth-order valence-electron chi connectivity index (χ4n) is 1.21. The quantitative estimate of drug-likeness (QED) is 0.874. The Balaban J connectivity index is 2.17. The molecule has 0 fully saturated rings. The van der Waals surface area contributed by atoms with Crippen molar-refractivity contribution in [3.05, 3.63) is 35.2 Å². The third-order valence-corrected chi connectivity index (χ3v) is 2.31. The number of halogens is 1. The summed E-state index contributed by atoms with van der Waals surface area (Å²) in [5, 5.41) is 9.29. The van der Waals surface area contributed by atoms with Crippen molar-refractivity contribution in [3.63, 3.8) is 0 Å². The second-order valence-corrected chi connectivity index (χ2v) is 3.55. The van der Waals surface area contributed by atoms with Crippen molar-refractivity contribution < 1.29 is 9.32 Å². The molecule has 0 bridgehead atoms. The van der Waals surface area contributed by atoms with Crippen LogP contribution in [0.1, 0.15) is 10.4 Å². The van der Waals surface area contributed by atoms with Crippen LogP contribution in [-0.2, 0) is 0 Å². The van der Waals surface area contributed by atoms with Crippen LogP contribution in [0.4, 0.5) is 11.6 Å². The Kier molecular flexibility index (Phi) is 3.24. The van der Waals surface area contributed by atoms with E-state index < -0.39 is 0 Å². The first kappa shape index (κ1) is 11.4. The van der Waals surface area contributed by atoms with Gasteiger partial charge in [0.15, 0.2) is 5.82 Å². The topological polar surface area (TPSA) is 80.0 Å². The highest BCUT2D eigenvalue weighted by Crippen LogP contribution is 2.19. The normalized spacial score (nSPS) is 10.0. The predicted molar refractivity (Wildman–Crippen MR) is 63.2 cm³/mol. The SMILES string of the molecule is CNc1ncc(C(=O)Nc2ccon2)cc1Cl. The van der Waals surface area contributed by atoms with Gasteiger partial charge in [0.05, 0.1) is 10.6 Å². The standard InChI is InChI=1S/C10H9ClN4O2/c1-12-9-7(11)4-6(5-13-9)10(16)14-8-2-3-17-15-8/h2-5H,1H3,(H,12,13)(H,14,15,16). The van der Waals surface area contributed by atoms with E-state index in [0.29, 0.717) is 22.2 Å². The summed E-state index contributed by atoms with van der Waals surface area (Å²) in [5.74, 6) is 0.504. The van der Waals surface area contributed by atoms with Gasteiger partial charge < -0.3 is 15.2 Å². The van der Waals surface area contributed by atoms with Gasteiger partial charge in [-0.05, 0) is 6.07 Å². The lowest BCUT2D eigenvalue weighted by Gasteiger charge is -2.05. The summed E-state index contributed by atoms with van der Waals surface area (Å²) < 4.78 is 4.60. The van der Waals surface area contributed by atoms with Crippen molar-refractivity contribution >= 4 is 29.1 Å². The lowest BCUT2D eigenvalue weighted by atomic mass is 10.2. The van der Waals surface area contributed by atoms with Crippen LogP contribution in [0, 0.1) is 0 Å². The molecule has 2 rings (SSSR count). The Bertz CT molecular complexity index is 527. The maximum Gasteiger partial charge on any atom is 0.258 e. The van der Waals surface area contributed by atoms with Crippen molar-refractivity contribution in [1.82, 2.24) is 10.1 Å². The van der Waals surface area contributed by atoms with E-state index in [4.69, 9.17) is 11.6 Å². The molecule has 6 nitrogen and oxygen atoms in total. The van der Waals surface area contributed by atoms with Crippen LogP contribution in [0.3, 0.4) is 0 Å². The smallest absolute Gasteiger partial charge is 0.258 e. The molecule has 1 amide bonds. The minimum absolute atomic E-state index is 0.337. The number of hydrogen-bond donors (Lipinski definition) is 2. The molecule has 7 heteroatoms. The molecular weight excluding hydrogens is 244 g/mol. The number of rotatable bonds is 3. The third-order valence-electron chi connectivity index (χ3n) is 2.02. The monoisotopic (exact) mass is 252 g/mol. The van der Waals surface area contributed by atoms with E-state index in [-0.39, 0.29) is 5.91 Å². The molecule has 2 N–H and O–H groups in total. The number of carbonyl (C=O) groups excluding carboxylic acids is 1. The maximum absolute atomic E-state index is 11.8. The first-order chi connectivity index (χ1) is 8.20. The molecule has 2 heterocycles. The number of carbonyl (C=O) groups is 1. The zero-order valence-electron chi connectivity index (χ0n) is 8.90. The predicted octanol–water partition coefficient (Wildman–Crippen LogP) is 2.02. The third kappa shape index (κ3) is 2.54. The Morgan fingerprint density at radius 1 is 1.53 bits per heavy atom. The number of nitrogens with zero attached hydrogens (tertiary/aromatic N) is 2. The van der Waals surface area contributed by atoms with Crippen LogP contribution in [0.5, 0.6) is 0 Å². The number of hydrogen-bond acceptors (Lipinski definition) is 5. The van der Waals surface area contributed by atoms with E-state index in [1.165, 1.54) is 24.6 Å². The van der Waals surface area contributed by atoms with E-state index in [1.54, 1.807) is 7.05 Å². The Morgan fingerprint density at radius 3 is 2.94 bits per heavy atom. The Labute approximate surface area is 102 Å². The number of aromatic nitrogens is 2. The highest BCUT2D eigenvalue weighted by atomic mass is 35.5. The van der Waals surface area contributed by atoms with Gasteiger partial charge in [-0.1, -0.05) is 16.8 Å². The summed E-state index contributed by atoms with van der Waals surface area (Å²) in [5.41, 5.74) is 0.344. The molecule has 0 saturated heterocycles. The zero-order valence-corrected chi connectivity index (χ0v) is 9.65. The fraction of sp³-hybridized carbons (Fsp3) is 0.100. The molecule has 0 saturated carbocycles. The van der Waals surface area contributed by atoms with Crippen molar-refractivity contribution in [3.8, 4) is 0 Å². The molecule has 0 aliphatic heterocycles. The van der Waals surface area contributed by atoms with E-state index >= 15 is 0 Å². The highest BCUT2D eigenvalue weighted by molar-refractivity contribution is 6.33. The van der Waals surface area contributed by atoms with Crippen LogP contribution in [0.2, 0.25) is 5.02 Å². The Hall–Kier alpha value is -2.08. The van der Waals surface area contributed by atoms with Crippen molar-refractivity contribution in [2.45, 2.75) is 0 Å². The van der Waals surface area contributed by atoms with Gasteiger partial charge in [-0.3, -0.25) is 4.79 Å². The molecule has 2 aromatic heterocycles. The van der Waals surface area contributed by atoms with Crippen molar-refractivity contribution in [2.24, 2.45) is 0 Å². The summed E-state index contributed by atoms with van der Waals surface area (Å²) in [6.07, 6.45) is 2.79. The molecule has 0 spiro atoms. The molecule has 2 aromatic rings. The van der Waals surface area contributed by atoms with Gasteiger partial charge in [-0.15, -0.1) is 0 Å². The molecule has 0 aliphatic carbocycles. The van der Waals surface area contributed by atoms with Gasteiger partial charge >= 0.3 is 0 Å². The molecule has 0 radical (unpaired) electrons. The molecular formula is C10H9ClN4O2. The highest BCUT2D eigenvalue weighted by Gasteiger charge is 2.10. The van der Waals surface area contributed by atoms with Gasteiger partial charge in [-0.25, -0.2) is 4.98 Å². The summed E-state index contributed by atoms with van der Waals surface area (Å²) >= 11 is 5.92. The summed E-state index contributed by atoms with van der Waals surface area (Å²) in [6, 6.07) is 3.06. The van der Waals surface area contributed by atoms with Crippen LogP contribution in [0.15, 0.2) is 29.1 Å². The number of pyridine rings is 1. The van der Waals surface area contributed by atoms with E-state index in [0.717, 1.165) is 0 Å². The number of amides is 1. The van der Waals surface area contributed by atoms with Crippen LogP contribution >= 0.6 is 11.6 Å². The van der Waals surface area contributed by atoms with Gasteiger partial charge in [0, 0.05) is 19.3 Å². The molecule has 0 unspecified atom stereocenters. The fourth-order valence-corrected chi connectivity index (χ4v) is 1.47. The van der Waals surface area contributed by atoms with Gasteiger partial charge in [-0.2, -0.15) is 0 Å². The molecule has 0 atom stereocenters. The summed E-state index contributed by atoms with van der Waals surface area (Å²) in [6.45, 7) is 0. The van der Waals surface area contributed by atoms with Gasteiger partial charge in [0.1, 0.15) is 12.1 Å². The number of nitrogens with one attached hydrogen (secondary N) is 2. The minimum atomic E-state index is -0.351. The number of anilines is 2. The molecule has 0 aromatic carbocycles. The van der Waals surface area contributed by atoms with Gasteiger partial charge in [0.2, 0.25) is 0 Å². The minimum Gasteiger partial charge on any atom is -0.372 e. The maximum atomic E-state index is 11.8. The zero-order chi connectivity index (χ0) is 12.3. The molecule has 17 heavy (non-hydrogen) atoms. The summed E-state index contributed by atoms with van der Waals surface area (Å²) in [7, 11) is 1.70. The van der Waals surface area contributed by atoms with Crippen molar-refractivity contribution in [2.75, 3.05) is 17.7 Å². The summed E-state index contributed by atoms with van der Waals surface area (Å²) in [4.78, 5) is 15.8. The largest absolute Gasteiger partial charge is 0.372 e. The average molecular weight is 253 g/mol. The lowest BCUT2D eigenvalue weighted by Crippen LogP contribution is -2.12. The molecule has 88 valence electrons. The van der Waals surface area contributed by atoms with Crippen LogP contribution < -0.4 is 10.6 Å². The van der Waals surface area contributed by atoms with E-state index in [2.05, 4.69) is 25.3 Å². The first-order valence-corrected chi connectivity index (χ1v) is 5.13. The average Bonchev–Trinajstić information content (AvgIpc) is 2.81. The lowest BCUT2D eigenvalue weighted by molar-refractivity contribution is 0.102. The first-order valence-electron chi connectivity index (χ1n) is 4.75. The molecule has 0 aliphatic rings. The van der Waals surface area contributed by atoms with E-state index in [1.807, 2.05) is 0 Å². The Morgan fingerprint density at radius 2 is 2.35 bits per heavy atom. The van der Waals surface area contributed by atoms with Crippen molar-refractivity contribution in [1.29, 1.82) is 0 Å². The van der Waals surface area contributed by atoms with Crippen LogP contribution in [-0.4, -0.2) is 23.1 Å². The van der Waals surface area contributed by atoms with Gasteiger partial charge in [0.25, 0.3) is 5.91 Å². The van der Waals surface area contributed by atoms with Crippen LogP contribution in [0.25, 0.3) is 0 Å². The van der Waals surface area contributed by atoms with E-state index in [9.17, 15) is 4.79 Å². The second kappa shape index (κ2) is 4.84.